The van der Waals surface area contributed by atoms with Crippen LogP contribution in [0.25, 0.3) is 0 Å². The number of hydrogen-bond acceptors (Lipinski definition) is 3. The van der Waals surface area contributed by atoms with Crippen molar-refractivity contribution in [2.75, 3.05) is 0 Å². The molecule has 0 atom stereocenters. The minimum Gasteiger partial charge on any atom is -0.451 e. The van der Waals surface area contributed by atoms with Gasteiger partial charge in [-0.05, 0) is 0 Å². The normalized spacial score (nSPS) is 8.57. The van der Waals surface area contributed by atoms with Gasteiger partial charge in [0.25, 0.3) is 6.29 Å². The fourth-order valence-corrected chi connectivity index (χ4v) is 0.263. The molecule has 1 aromatic rings. The molecule has 0 N–H and O–H groups in total. The molecule has 0 unspecified atom stereocenters. The van der Waals surface area contributed by atoms with E-state index in [0.717, 1.165) is 0 Å². The van der Waals surface area contributed by atoms with Crippen LogP contribution in [-0.2, 0) is 4.79 Å². The lowest BCUT2D eigenvalue weighted by molar-refractivity contribution is 0.553. The molecule has 0 amide bonds. The van der Waals surface area contributed by atoms with Crippen molar-refractivity contribution in [3.8, 4) is 0 Å². The molecular formula is C4H2NO2. The van der Waals surface area contributed by atoms with Crippen LogP contribution in [0.2, 0.25) is 0 Å². The molecule has 1 rings (SSSR count). The Bertz CT molecular complexity index is 145. The Morgan fingerprint density at radius 3 is 3.00 bits per heavy atom. The molecule has 0 saturated carbocycles. The number of nitrogens with zero attached hydrogens (tertiary/aromatic N) is 1. The van der Waals surface area contributed by atoms with Crippen LogP contribution in [0.3, 0.4) is 0 Å². The maximum absolute atomic E-state index is 9.62. The van der Waals surface area contributed by atoms with Crippen LogP contribution in [0.1, 0.15) is 5.69 Å². The van der Waals surface area contributed by atoms with Gasteiger partial charge in [0.15, 0.2) is 12.1 Å². The molecule has 3 heteroatoms. The highest BCUT2D eigenvalue weighted by molar-refractivity contribution is 5.71. The zero-order valence-electron chi connectivity index (χ0n) is 3.42. The van der Waals surface area contributed by atoms with Crippen LogP contribution < -0.4 is 0 Å². The Hall–Kier alpha value is -1.12. The lowest BCUT2D eigenvalue weighted by Gasteiger charge is -1.60. The van der Waals surface area contributed by atoms with Crippen LogP contribution in [0.5, 0.6) is 0 Å². The molecule has 0 aliphatic carbocycles. The molecule has 1 heterocycles. The average molecular weight is 96.1 g/mol. The summed E-state index contributed by atoms with van der Waals surface area (Å²) in [7, 11) is 0. The van der Waals surface area contributed by atoms with Gasteiger partial charge in [0.05, 0.1) is 0 Å². The summed E-state index contributed by atoms with van der Waals surface area (Å²) in [5.41, 5.74) is 0.208. The minimum atomic E-state index is 0.208. The zero-order valence-corrected chi connectivity index (χ0v) is 3.42. The summed E-state index contributed by atoms with van der Waals surface area (Å²) in [6.45, 7) is 0. The van der Waals surface area contributed by atoms with Gasteiger partial charge in [0.2, 0.25) is 0 Å². The first kappa shape index (κ1) is 4.05. The Morgan fingerprint density at radius 1 is 1.86 bits per heavy atom. The van der Waals surface area contributed by atoms with Gasteiger partial charge in [0, 0.05) is 0 Å². The summed E-state index contributed by atoms with van der Waals surface area (Å²) < 4.78 is 4.43. The maximum atomic E-state index is 9.62. The second-order valence-electron chi connectivity index (χ2n) is 0.976. The van der Waals surface area contributed by atoms with Crippen LogP contribution in [0.4, 0.5) is 0 Å². The topological polar surface area (TPSA) is 43.1 Å². The molecule has 7 heavy (non-hydrogen) atoms. The fourth-order valence-electron chi connectivity index (χ4n) is 0.263. The second-order valence-corrected chi connectivity index (χ2v) is 0.976. The van der Waals surface area contributed by atoms with Crippen molar-refractivity contribution >= 4 is 6.29 Å². The minimum absolute atomic E-state index is 0.208. The predicted octanol–water partition coefficient (Wildman–Crippen LogP) is 0.132. The van der Waals surface area contributed by atoms with E-state index in [0.29, 0.717) is 0 Å². The van der Waals surface area contributed by atoms with Gasteiger partial charge < -0.3 is 4.42 Å². The number of rotatable bonds is 1. The van der Waals surface area contributed by atoms with Crippen molar-refractivity contribution in [2.24, 2.45) is 0 Å². The Kier molecular flexibility index (Phi) is 0.898. The van der Waals surface area contributed by atoms with Crippen molar-refractivity contribution in [2.45, 2.75) is 0 Å². The van der Waals surface area contributed by atoms with E-state index in [4.69, 9.17) is 0 Å². The highest BCUT2D eigenvalue weighted by Gasteiger charge is 1.88. The third-order valence-corrected chi connectivity index (χ3v) is 0.537. The summed E-state index contributed by atoms with van der Waals surface area (Å²) in [4.78, 5) is 13.1. The number of hydrogen-bond donors (Lipinski definition) is 0. The lowest BCUT2D eigenvalue weighted by Crippen LogP contribution is -1.73. The monoisotopic (exact) mass is 96.0 g/mol. The standard InChI is InChI=1S/C4H2NO2/c6-1-4-2-7-3-5-4/h2-3H. The van der Waals surface area contributed by atoms with Gasteiger partial charge in [-0.3, -0.25) is 4.79 Å². The summed E-state index contributed by atoms with van der Waals surface area (Å²) in [6, 6.07) is 0. The van der Waals surface area contributed by atoms with Crippen molar-refractivity contribution in [1.82, 2.24) is 4.98 Å². The Balaban J connectivity index is 2.96. The molecule has 0 bridgehead atoms. The van der Waals surface area contributed by atoms with Crippen molar-refractivity contribution in [3.63, 3.8) is 0 Å². The quantitative estimate of drug-likeness (QED) is 0.499. The van der Waals surface area contributed by atoms with E-state index in [1.165, 1.54) is 12.7 Å². The third-order valence-electron chi connectivity index (χ3n) is 0.537. The maximum Gasteiger partial charge on any atom is 0.256 e. The van der Waals surface area contributed by atoms with E-state index < -0.39 is 0 Å². The van der Waals surface area contributed by atoms with Crippen LogP contribution in [0.15, 0.2) is 17.1 Å². The number of carbonyl (C=O) groups excluding carboxylic acids is 1. The van der Waals surface area contributed by atoms with E-state index >= 15 is 0 Å². The SMILES string of the molecule is O=[C]c1cocn1. The van der Waals surface area contributed by atoms with Gasteiger partial charge in [-0.15, -0.1) is 0 Å². The van der Waals surface area contributed by atoms with Crippen LogP contribution >= 0.6 is 0 Å². The van der Waals surface area contributed by atoms with E-state index in [2.05, 4.69) is 9.40 Å². The van der Waals surface area contributed by atoms with Gasteiger partial charge in [-0.25, -0.2) is 4.98 Å². The number of oxazole rings is 1. The molecule has 0 saturated heterocycles. The predicted molar refractivity (Wildman–Crippen MR) is 21.3 cm³/mol. The van der Waals surface area contributed by atoms with Gasteiger partial charge in [0.1, 0.15) is 6.26 Å². The summed E-state index contributed by atoms with van der Waals surface area (Å²) in [6.07, 6.45) is 3.96. The van der Waals surface area contributed by atoms with E-state index in [1.54, 1.807) is 6.29 Å². The summed E-state index contributed by atoms with van der Waals surface area (Å²) >= 11 is 0. The van der Waals surface area contributed by atoms with E-state index in [-0.39, 0.29) is 5.69 Å². The Morgan fingerprint density at radius 2 is 2.71 bits per heavy atom. The third kappa shape index (κ3) is 0.652. The Labute approximate surface area is 40.0 Å². The average Bonchev–Trinajstić information content (AvgIpc) is 2.14. The van der Waals surface area contributed by atoms with E-state index in [1.807, 2.05) is 0 Å². The molecular weight excluding hydrogens is 94.0 g/mol. The summed E-state index contributed by atoms with van der Waals surface area (Å²) in [5.74, 6) is 0. The molecule has 0 aliphatic heterocycles. The zero-order chi connectivity index (χ0) is 5.11. The van der Waals surface area contributed by atoms with Gasteiger partial charge in [-0.2, -0.15) is 0 Å². The largest absolute Gasteiger partial charge is 0.451 e. The van der Waals surface area contributed by atoms with Gasteiger partial charge in [-0.1, -0.05) is 0 Å². The van der Waals surface area contributed by atoms with Crippen LogP contribution in [-0.4, -0.2) is 11.3 Å². The molecule has 35 valence electrons. The van der Waals surface area contributed by atoms with E-state index in [9.17, 15) is 4.79 Å². The first-order chi connectivity index (χ1) is 3.43. The van der Waals surface area contributed by atoms with Crippen LogP contribution in [0, 0.1) is 0 Å². The molecule has 0 fully saturated rings. The smallest absolute Gasteiger partial charge is 0.256 e. The number of aromatic nitrogens is 1. The fraction of sp³-hybridized carbons (Fsp3) is 0. The molecule has 0 aliphatic rings. The van der Waals surface area contributed by atoms with Gasteiger partial charge >= 0.3 is 0 Å². The molecule has 1 radical (unpaired) electrons. The van der Waals surface area contributed by atoms with Crippen molar-refractivity contribution in [3.05, 3.63) is 18.4 Å². The highest BCUT2D eigenvalue weighted by Crippen LogP contribution is 1.85. The first-order valence-electron chi connectivity index (χ1n) is 1.70. The molecule has 0 aromatic carbocycles. The lowest BCUT2D eigenvalue weighted by atomic mass is 10.6. The first-order valence-corrected chi connectivity index (χ1v) is 1.70. The molecule has 1 aromatic heterocycles. The van der Waals surface area contributed by atoms with Crippen molar-refractivity contribution in [1.29, 1.82) is 0 Å². The summed E-state index contributed by atoms with van der Waals surface area (Å²) in [5, 5.41) is 0. The molecule has 3 nitrogen and oxygen atoms in total. The van der Waals surface area contributed by atoms with Crippen molar-refractivity contribution < 1.29 is 9.21 Å². The highest BCUT2D eigenvalue weighted by atomic mass is 16.3. The second kappa shape index (κ2) is 1.55. The molecule has 0 spiro atoms.